The van der Waals surface area contributed by atoms with Crippen molar-refractivity contribution in [2.45, 2.75) is 32.1 Å². The van der Waals surface area contributed by atoms with Crippen LogP contribution in [0, 0.1) is 0 Å². The number of ether oxygens (including phenoxy) is 1. The quantitative estimate of drug-likeness (QED) is 0.611. The summed E-state index contributed by atoms with van der Waals surface area (Å²) < 4.78 is 7.74. The van der Waals surface area contributed by atoms with Crippen molar-refractivity contribution in [3.8, 4) is 5.75 Å². The number of benzene rings is 2. The molecule has 4 rings (SSSR count). The van der Waals surface area contributed by atoms with Gasteiger partial charge in [-0.25, -0.2) is 0 Å². The van der Waals surface area contributed by atoms with Gasteiger partial charge in [0.1, 0.15) is 5.75 Å². The van der Waals surface area contributed by atoms with Crippen LogP contribution in [0.2, 0.25) is 0 Å². The van der Waals surface area contributed by atoms with Gasteiger partial charge in [-0.3, -0.25) is 0 Å². The molecular weight excluding hydrogens is 430 g/mol. The lowest BCUT2D eigenvalue weighted by Crippen LogP contribution is -2.34. The topological polar surface area (TPSA) is 12.5 Å². The highest BCUT2D eigenvalue weighted by Crippen LogP contribution is 2.42. The highest BCUT2D eigenvalue weighted by molar-refractivity contribution is 9.10. The third-order valence-corrected chi connectivity index (χ3v) is 6.90. The van der Waals surface area contributed by atoms with Crippen LogP contribution in [0.4, 0.5) is 5.69 Å². The number of methoxy groups -OCH3 is 1. The fraction of sp³-hybridized carbons (Fsp3) is 0.400. The molecule has 4 heteroatoms. The summed E-state index contributed by atoms with van der Waals surface area (Å²) in [4.78, 5) is 2.59. The van der Waals surface area contributed by atoms with Crippen molar-refractivity contribution in [3.05, 3.63) is 55.5 Å². The molecule has 0 saturated heterocycles. The molecule has 0 atom stereocenters. The first-order valence-corrected chi connectivity index (χ1v) is 10.2. The zero-order valence-electron chi connectivity index (χ0n) is 13.9. The number of rotatable bonds is 3. The van der Waals surface area contributed by atoms with E-state index in [2.05, 4.69) is 48.9 Å². The molecule has 0 radical (unpaired) electrons. The van der Waals surface area contributed by atoms with E-state index in [0.717, 1.165) is 16.6 Å². The molecule has 0 fully saturated rings. The lowest BCUT2D eigenvalue weighted by molar-refractivity contribution is 0.414. The van der Waals surface area contributed by atoms with Gasteiger partial charge in [0.25, 0.3) is 0 Å². The van der Waals surface area contributed by atoms with Crippen molar-refractivity contribution >= 4 is 37.5 Å². The Balaban J connectivity index is 1.74. The van der Waals surface area contributed by atoms with Gasteiger partial charge in [0.05, 0.1) is 7.11 Å². The molecule has 0 amide bonds. The molecule has 2 heterocycles. The minimum absolute atomic E-state index is 0.890. The van der Waals surface area contributed by atoms with Gasteiger partial charge >= 0.3 is 0 Å². The number of hydrogen-bond donors (Lipinski definition) is 0. The monoisotopic (exact) mass is 449 g/mol. The molecule has 2 nitrogen and oxygen atoms in total. The predicted octanol–water partition coefficient (Wildman–Crippen LogP) is 5.51. The summed E-state index contributed by atoms with van der Waals surface area (Å²) in [6.45, 7) is 2.44. The summed E-state index contributed by atoms with van der Waals surface area (Å²) in [5.74, 6) is 0.890. The number of aryl methyl sites for hydroxylation is 1. The summed E-state index contributed by atoms with van der Waals surface area (Å²) in [5, 5.41) is 0. The molecule has 24 heavy (non-hydrogen) atoms. The maximum Gasteiger partial charge on any atom is 0.120 e. The van der Waals surface area contributed by atoms with E-state index >= 15 is 0 Å². The third-order valence-electron chi connectivity index (χ3n) is 5.17. The van der Waals surface area contributed by atoms with Crippen molar-refractivity contribution in [1.29, 1.82) is 0 Å². The Morgan fingerprint density at radius 2 is 1.83 bits per heavy atom. The first-order chi connectivity index (χ1) is 11.7. The van der Waals surface area contributed by atoms with E-state index in [1.807, 2.05) is 12.1 Å². The first-order valence-electron chi connectivity index (χ1n) is 8.58. The molecule has 2 aliphatic heterocycles. The highest BCUT2D eigenvalue weighted by atomic mass is 79.9. The Labute approximate surface area is 160 Å². The predicted molar refractivity (Wildman–Crippen MR) is 106 cm³/mol. The van der Waals surface area contributed by atoms with Crippen LogP contribution in [0.1, 0.15) is 35.1 Å². The second-order valence-corrected chi connectivity index (χ2v) is 8.31. The lowest BCUT2D eigenvalue weighted by Gasteiger charge is -2.38. The van der Waals surface area contributed by atoms with Gasteiger partial charge in [-0.05, 0) is 66.5 Å². The molecule has 126 valence electrons. The zero-order valence-corrected chi connectivity index (χ0v) is 17.0. The lowest BCUT2D eigenvalue weighted by atomic mass is 9.88. The molecule has 0 aliphatic carbocycles. The largest absolute Gasteiger partial charge is 0.497 e. The third kappa shape index (κ3) is 2.88. The average Bonchev–Trinajstić information content (AvgIpc) is 2.61. The second-order valence-electron chi connectivity index (χ2n) is 6.66. The van der Waals surface area contributed by atoms with E-state index in [9.17, 15) is 0 Å². The fourth-order valence-electron chi connectivity index (χ4n) is 4.02. The Kier molecular flexibility index (Phi) is 4.61. The van der Waals surface area contributed by atoms with E-state index < -0.39 is 0 Å². The van der Waals surface area contributed by atoms with Gasteiger partial charge in [0.15, 0.2) is 0 Å². The van der Waals surface area contributed by atoms with Gasteiger partial charge < -0.3 is 9.64 Å². The van der Waals surface area contributed by atoms with Gasteiger partial charge in [-0.1, -0.05) is 44.0 Å². The van der Waals surface area contributed by atoms with E-state index in [-0.39, 0.29) is 0 Å². The fourth-order valence-corrected chi connectivity index (χ4v) is 5.16. The Hall–Kier alpha value is -1.00. The first kappa shape index (κ1) is 16.5. The van der Waals surface area contributed by atoms with E-state index in [4.69, 9.17) is 4.74 Å². The smallest absolute Gasteiger partial charge is 0.120 e. The van der Waals surface area contributed by atoms with Gasteiger partial charge in [-0.2, -0.15) is 0 Å². The normalized spacial score (nSPS) is 16.0. The average molecular weight is 451 g/mol. The molecule has 2 aromatic carbocycles. The van der Waals surface area contributed by atoms with E-state index in [1.165, 1.54) is 65.6 Å². The van der Waals surface area contributed by atoms with Gasteiger partial charge in [0, 0.05) is 27.7 Å². The molecule has 0 unspecified atom stereocenters. The summed E-state index contributed by atoms with van der Waals surface area (Å²) in [7, 11) is 1.71. The Morgan fingerprint density at radius 1 is 1.04 bits per heavy atom. The minimum Gasteiger partial charge on any atom is -0.497 e. The maximum absolute atomic E-state index is 5.31. The van der Waals surface area contributed by atoms with Crippen LogP contribution in [0.3, 0.4) is 0 Å². The summed E-state index contributed by atoms with van der Waals surface area (Å²) in [5.41, 5.74) is 7.29. The van der Waals surface area contributed by atoms with Crippen LogP contribution >= 0.6 is 31.9 Å². The highest BCUT2D eigenvalue weighted by Gasteiger charge is 2.27. The SMILES string of the molecule is COc1ccc(Cc2cc3c4c(c2Br)CCCN4CCC3)c(Br)c1. The summed E-state index contributed by atoms with van der Waals surface area (Å²) in [6.07, 6.45) is 5.88. The van der Waals surface area contributed by atoms with Crippen LogP contribution in [-0.2, 0) is 19.3 Å². The molecule has 0 saturated carbocycles. The molecule has 0 bridgehead atoms. The molecular formula is C20H21Br2NO. The van der Waals surface area contributed by atoms with Crippen molar-refractivity contribution in [1.82, 2.24) is 0 Å². The van der Waals surface area contributed by atoms with Crippen LogP contribution < -0.4 is 9.64 Å². The number of nitrogens with zero attached hydrogens (tertiary/aromatic N) is 1. The zero-order chi connectivity index (χ0) is 16.7. The summed E-state index contributed by atoms with van der Waals surface area (Å²) in [6, 6.07) is 8.68. The second kappa shape index (κ2) is 6.72. The Bertz CT molecular complexity index is 786. The van der Waals surface area contributed by atoms with Crippen LogP contribution in [0.25, 0.3) is 0 Å². The number of anilines is 1. The molecule has 0 aromatic heterocycles. The van der Waals surface area contributed by atoms with Crippen molar-refractivity contribution in [2.75, 3.05) is 25.1 Å². The van der Waals surface area contributed by atoms with Crippen molar-refractivity contribution in [3.63, 3.8) is 0 Å². The van der Waals surface area contributed by atoms with E-state index in [1.54, 1.807) is 12.7 Å². The standard InChI is InChI=1S/C20H21Br2NO/c1-24-16-7-6-13(18(21)12-16)10-15-11-14-4-2-8-23-9-3-5-17(19(15)22)20(14)23/h6-7,11-12H,2-5,8-10H2,1H3. The molecule has 2 aliphatic rings. The van der Waals surface area contributed by atoms with Crippen molar-refractivity contribution < 1.29 is 4.74 Å². The van der Waals surface area contributed by atoms with Crippen LogP contribution in [-0.4, -0.2) is 20.2 Å². The maximum atomic E-state index is 5.31. The minimum atomic E-state index is 0.890. The summed E-state index contributed by atoms with van der Waals surface area (Å²) >= 11 is 7.62. The number of halogens is 2. The van der Waals surface area contributed by atoms with Gasteiger partial charge in [-0.15, -0.1) is 0 Å². The van der Waals surface area contributed by atoms with Crippen LogP contribution in [0.15, 0.2) is 33.2 Å². The van der Waals surface area contributed by atoms with Crippen LogP contribution in [0.5, 0.6) is 5.75 Å². The number of hydrogen-bond acceptors (Lipinski definition) is 2. The Morgan fingerprint density at radius 3 is 2.58 bits per heavy atom. The van der Waals surface area contributed by atoms with Gasteiger partial charge in [0.2, 0.25) is 0 Å². The molecule has 0 spiro atoms. The molecule has 0 N–H and O–H groups in total. The van der Waals surface area contributed by atoms with E-state index in [0.29, 0.717) is 0 Å². The molecule has 2 aromatic rings. The van der Waals surface area contributed by atoms with Crippen molar-refractivity contribution in [2.24, 2.45) is 0 Å².